The lowest BCUT2D eigenvalue weighted by Crippen LogP contribution is -2.41. The van der Waals surface area contributed by atoms with E-state index in [1.54, 1.807) is 0 Å². The molecule has 0 saturated heterocycles. The third-order valence-electron chi connectivity index (χ3n) is 5.62. The molecule has 0 aromatic heterocycles. The lowest BCUT2D eigenvalue weighted by molar-refractivity contribution is -0.135. The quantitative estimate of drug-likeness (QED) is 0.675. The molecule has 3 aromatic carbocycles. The maximum absolute atomic E-state index is 13.1. The maximum atomic E-state index is 13.1. The number of carbonyl (C=O) groups excluding carboxylic acids is 2. The zero-order valence-electron chi connectivity index (χ0n) is 17.0. The van der Waals surface area contributed by atoms with Gasteiger partial charge in [-0.05, 0) is 28.7 Å². The molecule has 1 N–H and O–H groups in total. The SMILES string of the molecule is O=C(CCC(=O)N1CCc2ccccc2C1c1ccccc1)NCc1ccccc1. The summed E-state index contributed by atoms with van der Waals surface area (Å²) in [6.45, 7) is 1.15. The highest BCUT2D eigenvalue weighted by Crippen LogP contribution is 2.35. The molecule has 0 saturated carbocycles. The second kappa shape index (κ2) is 9.40. The van der Waals surface area contributed by atoms with E-state index in [0.29, 0.717) is 13.1 Å². The van der Waals surface area contributed by atoms with Gasteiger partial charge in [0.05, 0.1) is 6.04 Å². The molecule has 1 atom stereocenters. The van der Waals surface area contributed by atoms with Crippen molar-refractivity contribution >= 4 is 11.8 Å². The van der Waals surface area contributed by atoms with Gasteiger partial charge in [0, 0.05) is 25.9 Å². The summed E-state index contributed by atoms with van der Waals surface area (Å²) in [5.41, 5.74) is 4.62. The Bertz CT molecular complexity index is 1000. The highest BCUT2D eigenvalue weighted by molar-refractivity contribution is 5.84. The molecule has 0 aliphatic carbocycles. The Morgan fingerprint density at radius 2 is 1.50 bits per heavy atom. The van der Waals surface area contributed by atoms with Crippen molar-refractivity contribution in [2.75, 3.05) is 6.54 Å². The number of carbonyl (C=O) groups is 2. The normalized spacial score (nSPS) is 15.3. The lowest BCUT2D eigenvalue weighted by atomic mass is 9.88. The van der Waals surface area contributed by atoms with Crippen LogP contribution in [0.25, 0.3) is 0 Å². The summed E-state index contributed by atoms with van der Waals surface area (Å²) in [5, 5.41) is 2.91. The summed E-state index contributed by atoms with van der Waals surface area (Å²) in [5.74, 6) is -0.0749. The van der Waals surface area contributed by atoms with E-state index < -0.39 is 0 Å². The Balaban J connectivity index is 1.43. The van der Waals surface area contributed by atoms with Crippen LogP contribution in [0.2, 0.25) is 0 Å². The molecule has 4 rings (SSSR count). The zero-order chi connectivity index (χ0) is 20.8. The molecular weight excluding hydrogens is 372 g/mol. The Morgan fingerprint density at radius 1 is 0.833 bits per heavy atom. The average Bonchev–Trinajstić information content (AvgIpc) is 2.81. The lowest BCUT2D eigenvalue weighted by Gasteiger charge is -2.38. The number of benzene rings is 3. The van der Waals surface area contributed by atoms with Gasteiger partial charge < -0.3 is 10.2 Å². The Labute approximate surface area is 177 Å². The van der Waals surface area contributed by atoms with Crippen molar-refractivity contribution in [3.8, 4) is 0 Å². The average molecular weight is 399 g/mol. The van der Waals surface area contributed by atoms with E-state index in [4.69, 9.17) is 0 Å². The van der Waals surface area contributed by atoms with Gasteiger partial charge >= 0.3 is 0 Å². The first kappa shape index (κ1) is 19.9. The van der Waals surface area contributed by atoms with Crippen LogP contribution in [0, 0.1) is 0 Å². The fourth-order valence-corrected chi connectivity index (χ4v) is 4.08. The molecule has 0 fully saturated rings. The van der Waals surface area contributed by atoms with Crippen LogP contribution in [0.4, 0.5) is 0 Å². The third-order valence-corrected chi connectivity index (χ3v) is 5.62. The predicted octanol–water partition coefficient (Wildman–Crippen LogP) is 4.26. The molecule has 2 amide bonds. The molecule has 0 radical (unpaired) electrons. The molecular formula is C26H26N2O2. The van der Waals surface area contributed by atoms with Crippen molar-refractivity contribution in [2.24, 2.45) is 0 Å². The molecule has 1 aliphatic heterocycles. The van der Waals surface area contributed by atoms with Gasteiger partial charge in [0.15, 0.2) is 0 Å². The van der Waals surface area contributed by atoms with Crippen LogP contribution in [-0.2, 0) is 22.6 Å². The summed E-state index contributed by atoms with van der Waals surface area (Å²) in [6.07, 6.45) is 1.25. The van der Waals surface area contributed by atoms with Gasteiger partial charge in [-0.2, -0.15) is 0 Å². The Hall–Kier alpha value is -3.40. The third kappa shape index (κ3) is 4.60. The van der Waals surface area contributed by atoms with Gasteiger partial charge in [-0.25, -0.2) is 0 Å². The van der Waals surface area contributed by atoms with Crippen LogP contribution in [0.3, 0.4) is 0 Å². The van der Waals surface area contributed by atoms with Crippen LogP contribution in [-0.4, -0.2) is 23.3 Å². The largest absolute Gasteiger partial charge is 0.352 e. The zero-order valence-corrected chi connectivity index (χ0v) is 17.0. The van der Waals surface area contributed by atoms with E-state index in [1.807, 2.05) is 59.5 Å². The molecule has 1 heterocycles. The van der Waals surface area contributed by atoms with Crippen molar-refractivity contribution in [3.63, 3.8) is 0 Å². The topological polar surface area (TPSA) is 49.4 Å². The Morgan fingerprint density at radius 3 is 2.27 bits per heavy atom. The van der Waals surface area contributed by atoms with Crippen LogP contribution in [0.15, 0.2) is 84.9 Å². The van der Waals surface area contributed by atoms with E-state index in [0.717, 1.165) is 17.5 Å². The van der Waals surface area contributed by atoms with E-state index in [2.05, 4.69) is 35.6 Å². The van der Waals surface area contributed by atoms with Gasteiger partial charge in [-0.15, -0.1) is 0 Å². The van der Waals surface area contributed by atoms with E-state index in [1.165, 1.54) is 11.1 Å². The Kier molecular flexibility index (Phi) is 6.23. The van der Waals surface area contributed by atoms with Crippen LogP contribution >= 0.6 is 0 Å². The highest BCUT2D eigenvalue weighted by atomic mass is 16.2. The van der Waals surface area contributed by atoms with Gasteiger partial charge in [-0.3, -0.25) is 9.59 Å². The number of nitrogens with one attached hydrogen (secondary N) is 1. The fraction of sp³-hybridized carbons (Fsp3) is 0.231. The molecule has 1 unspecified atom stereocenters. The van der Waals surface area contributed by atoms with Crippen molar-refractivity contribution in [2.45, 2.75) is 31.8 Å². The summed E-state index contributed by atoms with van der Waals surface area (Å²) in [4.78, 5) is 27.3. The van der Waals surface area contributed by atoms with Crippen LogP contribution < -0.4 is 5.32 Å². The van der Waals surface area contributed by atoms with Crippen molar-refractivity contribution in [3.05, 3.63) is 107 Å². The maximum Gasteiger partial charge on any atom is 0.223 e. The summed E-state index contributed by atoms with van der Waals surface area (Å²) >= 11 is 0. The number of hydrogen-bond donors (Lipinski definition) is 1. The molecule has 152 valence electrons. The van der Waals surface area contributed by atoms with Gasteiger partial charge in [-0.1, -0.05) is 84.9 Å². The van der Waals surface area contributed by atoms with Crippen molar-refractivity contribution < 1.29 is 9.59 Å². The van der Waals surface area contributed by atoms with Crippen LogP contribution in [0.1, 0.15) is 41.1 Å². The second-order valence-electron chi connectivity index (χ2n) is 7.61. The molecule has 30 heavy (non-hydrogen) atoms. The standard InChI is InChI=1S/C26H26N2O2/c29-24(27-19-20-9-3-1-4-10-20)15-16-25(30)28-18-17-21-11-7-8-14-23(21)26(28)22-12-5-2-6-13-22/h1-14,26H,15-19H2,(H,27,29). The number of nitrogens with zero attached hydrogens (tertiary/aromatic N) is 1. The molecule has 0 bridgehead atoms. The molecule has 4 nitrogen and oxygen atoms in total. The summed E-state index contributed by atoms with van der Waals surface area (Å²) in [7, 11) is 0. The summed E-state index contributed by atoms with van der Waals surface area (Å²) < 4.78 is 0. The van der Waals surface area contributed by atoms with E-state index >= 15 is 0 Å². The molecule has 1 aliphatic rings. The van der Waals surface area contributed by atoms with Gasteiger partial charge in [0.2, 0.25) is 11.8 Å². The number of hydrogen-bond acceptors (Lipinski definition) is 2. The monoisotopic (exact) mass is 398 g/mol. The number of fused-ring (bicyclic) bond motifs is 1. The van der Waals surface area contributed by atoms with Gasteiger partial charge in [0.1, 0.15) is 0 Å². The second-order valence-corrected chi connectivity index (χ2v) is 7.61. The predicted molar refractivity (Wildman–Crippen MR) is 118 cm³/mol. The fourth-order valence-electron chi connectivity index (χ4n) is 4.08. The van der Waals surface area contributed by atoms with Crippen LogP contribution in [0.5, 0.6) is 0 Å². The number of rotatable bonds is 6. The van der Waals surface area contributed by atoms with Crippen molar-refractivity contribution in [1.82, 2.24) is 10.2 Å². The molecule has 4 heteroatoms. The first-order chi connectivity index (χ1) is 14.7. The first-order valence-corrected chi connectivity index (χ1v) is 10.5. The number of amides is 2. The highest BCUT2D eigenvalue weighted by Gasteiger charge is 2.31. The van der Waals surface area contributed by atoms with E-state index in [-0.39, 0.29) is 30.7 Å². The van der Waals surface area contributed by atoms with Gasteiger partial charge in [0.25, 0.3) is 0 Å². The molecule has 0 spiro atoms. The molecule has 3 aromatic rings. The minimum absolute atomic E-state index is 0.0215. The minimum atomic E-state index is -0.101. The first-order valence-electron chi connectivity index (χ1n) is 10.5. The smallest absolute Gasteiger partial charge is 0.223 e. The van der Waals surface area contributed by atoms with E-state index in [9.17, 15) is 9.59 Å². The van der Waals surface area contributed by atoms with Crippen molar-refractivity contribution in [1.29, 1.82) is 0 Å². The minimum Gasteiger partial charge on any atom is -0.352 e. The summed E-state index contributed by atoms with van der Waals surface area (Å²) in [6, 6.07) is 28.2.